The molecule has 0 aliphatic carbocycles. The third-order valence-corrected chi connectivity index (χ3v) is 3.86. The number of benzene rings is 2. The molecule has 0 bridgehead atoms. The molecule has 0 atom stereocenters. The molecule has 0 unspecified atom stereocenters. The fourth-order valence-electron chi connectivity index (χ4n) is 2.42. The molecule has 0 aliphatic heterocycles. The predicted octanol–water partition coefficient (Wildman–Crippen LogP) is 3.26. The fourth-order valence-corrected chi connectivity index (χ4v) is 2.42. The zero-order valence-electron chi connectivity index (χ0n) is 16.2. The van der Waals surface area contributed by atoms with Crippen LogP contribution in [-0.4, -0.2) is 40.4 Å². The summed E-state index contributed by atoms with van der Waals surface area (Å²) in [6, 6.07) is 10.1. The lowest BCUT2D eigenvalue weighted by atomic mass is 10.1. The Hall–Kier alpha value is -3.48. The van der Waals surface area contributed by atoms with E-state index in [9.17, 15) is 9.59 Å². The molecule has 0 N–H and O–H groups in total. The van der Waals surface area contributed by atoms with Gasteiger partial charge in [-0.1, -0.05) is 12.1 Å². The molecular formula is C21H22O7. The van der Waals surface area contributed by atoms with Crippen LogP contribution in [0.3, 0.4) is 0 Å². The maximum Gasteiger partial charge on any atom is 0.337 e. The maximum absolute atomic E-state index is 12.0. The number of rotatable bonds is 8. The highest BCUT2D eigenvalue weighted by molar-refractivity contribution is 5.89. The lowest BCUT2D eigenvalue weighted by molar-refractivity contribution is -0.138. The SMILES string of the molecule is COC(=O)c1ccc(COC(=O)C=Cc2cc(OC)c(OC)c(OC)c2)cc1. The van der Waals surface area contributed by atoms with Gasteiger partial charge in [-0.2, -0.15) is 0 Å². The van der Waals surface area contributed by atoms with Gasteiger partial charge in [0.15, 0.2) is 11.5 Å². The first-order valence-corrected chi connectivity index (χ1v) is 8.34. The highest BCUT2D eigenvalue weighted by Gasteiger charge is 2.12. The Bertz CT molecular complexity index is 829. The highest BCUT2D eigenvalue weighted by Crippen LogP contribution is 2.38. The van der Waals surface area contributed by atoms with Crippen molar-refractivity contribution in [3.05, 3.63) is 59.2 Å². The average molecular weight is 386 g/mol. The van der Waals surface area contributed by atoms with E-state index < -0.39 is 11.9 Å². The molecule has 148 valence electrons. The van der Waals surface area contributed by atoms with E-state index in [1.807, 2.05) is 0 Å². The fraction of sp³-hybridized carbons (Fsp3) is 0.238. The smallest absolute Gasteiger partial charge is 0.337 e. The summed E-state index contributed by atoms with van der Waals surface area (Å²) >= 11 is 0. The quantitative estimate of drug-likeness (QED) is 0.509. The van der Waals surface area contributed by atoms with Gasteiger partial charge in [0, 0.05) is 6.08 Å². The van der Waals surface area contributed by atoms with Gasteiger partial charge in [0.1, 0.15) is 6.61 Å². The summed E-state index contributed by atoms with van der Waals surface area (Å²) in [4.78, 5) is 23.4. The summed E-state index contributed by atoms with van der Waals surface area (Å²) in [5, 5.41) is 0. The van der Waals surface area contributed by atoms with Gasteiger partial charge in [-0.3, -0.25) is 0 Å². The minimum absolute atomic E-state index is 0.0832. The van der Waals surface area contributed by atoms with Crippen molar-refractivity contribution < 1.29 is 33.3 Å². The zero-order valence-corrected chi connectivity index (χ0v) is 16.2. The first kappa shape index (κ1) is 20.8. The number of hydrogen-bond donors (Lipinski definition) is 0. The van der Waals surface area contributed by atoms with Gasteiger partial charge in [-0.05, 0) is 41.5 Å². The van der Waals surface area contributed by atoms with Gasteiger partial charge in [-0.25, -0.2) is 9.59 Å². The molecule has 0 heterocycles. The number of esters is 2. The van der Waals surface area contributed by atoms with Gasteiger partial charge >= 0.3 is 11.9 Å². The summed E-state index contributed by atoms with van der Waals surface area (Å²) in [7, 11) is 5.87. The van der Waals surface area contributed by atoms with Crippen molar-refractivity contribution in [1.29, 1.82) is 0 Å². The molecule has 0 radical (unpaired) electrons. The van der Waals surface area contributed by atoms with Crippen LogP contribution in [0.4, 0.5) is 0 Å². The van der Waals surface area contributed by atoms with E-state index in [0.29, 0.717) is 28.4 Å². The van der Waals surface area contributed by atoms with E-state index in [1.54, 1.807) is 42.5 Å². The maximum atomic E-state index is 12.0. The Balaban J connectivity index is 2.01. The zero-order chi connectivity index (χ0) is 20.5. The summed E-state index contributed by atoms with van der Waals surface area (Å²) in [6.45, 7) is 0.0832. The average Bonchev–Trinajstić information content (AvgIpc) is 2.74. The molecular weight excluding hydrogens is 364 g/mol. The van der Waals surface area contributed by atoms with Crippen molar-refractivity contribution in [3.8, 4) is 17.2 Å². The summed E-state index contributed by atoms with van der Waals surface area (Å²) in [5.74, 6) is 0.517. The van der Waals surface area contributed by atoms with E-state index in [2.05, 4.69) is 4.74 Å². The monoisotopic (exact) mass is 386 g/mol. The normalized spacial score (nSPS) is 10.4. The second kappa shape index (κ2) is 10.0. The molecule has 7 heteroatoms. The van der Waals surface area contributed by atoms with Crippen molar-refractivity contribution in [3.63, 3.8) is 0 Å². The number of methoxy groups -OCH3 is 4. The van der Waals surface area contributed by atoms with E-state index >= 15 is 0 Å². The number of carbonyl (C=O) groups excluding carboxylic acids is 2. The molecule has 28 heavy (non-hydrogen) atoms. The minimum Gasteiger partial charge on any atom is -0.493 e. The second-order valence-electron chi connectivity index (χ2n) is 5.59. The highest BCUT2D eigenvalue weighted by atomic mass is 16.5. The largest absolute Gasteiger partial charge is 0.493 e. The molecule has 0 aliphatic rings. The van der Waals surface area contributed by atoms with Crippen LogP contribution in [0, 0.1) is 0 Å². The Kier molecular flexibility index (Phi) is 7.45. The van der Waals surface area contributed by atoms with Crippen LogP contribution in [-0.2, 0) is 20.9 Å². The van der Waals surface area contributed by atoms with Crippen molar-refractivity contribution in [1.82, 2.24) is 0 Å². The molecule has 0 saturated heterocycles. The Morgan fingerprint density at radius 3 is 2.00 bits per heavy atom. The van der Waals surface area contributed by atoms with E-state index in [-0.39, 0.29) is 6.61 Å². The second-order valence-corrected chi connectivity index (χ2v) is 5.59. The van der Waals surface area contributed by atoms with Crippen LogP contribution >= 0.6 is 0 Å². The van der Waals surface area contributed by atoms with E-state index in [4.69, 9.17) is 18.9 Å². The third kappa shape index (κ3) is 5.26. The minimum atomic E-state index is -0.509. The van der Waals surface area contributed by atoms with Crippen LogP contribution in [0.1, 0.15) is 21.5 Å². The molecule has 7 nitrogen and oxygen atoms in total. The molecule has 0 spiro atoms. The molecule has 2 aromatic carbocycles. The Morgan fingerprint density at radius 2 is 1.50 bits per heavy atom. The number of hydrogen-bond acceptors (Lipinski definition) is 7. The lowest BCUT2D eigenvalue weighted by Gasteiger charge is -2.12. The summed E-state index contributed by atoms with van der Waals surface area (Å²) in [6.07, 6.45) is 2.90. The Morgan fingerprint density at radius 1 is 0.893 bits per heavy atom. The Labute approximate surface area is 163 Å². The van der Waals surface area contributed by atoms with E-state index in [1.165, 1.54) is 34.5 Å². The van der Waals surface area contributed by atoms with Crippen LogP contribution in [0.2, 0.25) is 0 Å². The van der Waals surface area contributed by atoms with Crippen molar-refractivity contribution >= 4 is 18.0 Å². The topological polar surface area (TPSA) is 80.3 Å². The van der Waals surface area contributed by atoms with Crippen LogP contribution < -0.4 is 14.2 Å². The molecule has 0 aromatic heterocycles. The van der Waals surface area contributed by atoms with Crippen LogP contribution in [0.25, 0.3) is 6.08 Å². The molecule has 2 aromatic rings. The molecule has 0 fully saturated rings. The lowest BCUT2D eigenvalue weighted by Crippen LogP contribution is -2.03. The molecule has 2 rings (SSSR count). The van der Waals surface area contributed by atoms with Crippen LogP contribution in [0.5, 0.6) is 17.2 Å². The van der Waals surface area contributed by atoms with Gasteiger partial charge in [-0.15, -0.1) is 0 Å². The molecule has 0 saturated carbocycles. The van der Waals surface area contributed by atoms with Crippen molar-refractivity contribution in [2.24, 2.45) is 0 Å². The summed E-state index contributed by atoms with van der Waals surface area (Å²) < 4.78 is 25.7. The van der Waals surface area contributed by atoms with Gasteiger partial charge in [0.2, 0.25) is 5.75 Å². The predicted molar refractivity (Wildman–Crippen MR) is 103 cm³/mol. The number of carbonyl (C=O) groups is 2. The van der Waals surface area contributed by atoms with Crippen LogP contribution in [0.15, 0.2) is 42.5 Å². The third-order valence-electron chi connectivity index (χ3n) is 3.86. The van der Waals surface area contributed by atoms with Gasteiger partial charge in [0.05, 0.1) is 34.0 Å². The molecule has 0 amide bonds. The van der Waals surface area contributed by atoms with Gasteiger partial charge in [0.25, 0.3) is 0 Å². The van der Waals surface area contributed by atoms with Gasteiger partial charge < -0.3 is 23.7 Å². The number of ether oxygens (including phenoxy) is 5. The first-order valence-electron chi connectivity index (χ1n) is 8.34. The summed E-state index contributed by atoms with van der Waals surface area (Å²) in [5.41, 5.74) is 1.87. The standard InChI is InChI=1S/C21H22O7/c1-24-17-11-15(12-18(25-2)20(17)26-3)7-10-19(22)28-13-14-5-8-16(9-6-14)21(23)27-4/h5-12H,13H2,1-4H3. The van der Waals surface area contributed by atoms with Crippen molar-refractivity contribution in [2.75, 3.05) is 28.4 Å². The first-order chi connectivity index (χ1) is 13.5. The van der Waals surface area contributed by atoms with E-state index in [0.717, 1.165) is 5.56 Å². The van der Waals surface area contributed by atoms with Crippen molar-refractivity contribution in [2.45, 2.75) is 6.61 Å².